The second kappa shape index (κ2) is 7.98. The number of ether oxygens (including phenoxy) is 1. The highest BCUT2D eigenvalue weighted by molar-refractivity contribution is 6.32. The van der Waals surface area contributed by atoms with Gasteiger partial charge in [0.1, 0.15) is 10.9 Å². The molecule has 0 bridgehead atoms. The molecule has 0 aliphatic rings. The molecule has 1 aromatic heterocycles. The molecule has 0 spiro atoms. The predicted molar refractivity (Wildman–Crippen MR) is 114 cm³/mol. The molecule has 1 heterocycles. The molecular formula is C22H22ClN3O2. The van der Waals surface area contributed by atoms with Crippen molar-refractivity contribution in [1.29, 1.82) is 0 Å². The Hall–Kier alpha value is -2.92. The van der Waals surface area contributed by atoms with E-state index in [9.17, 15) is 4.79 Å². The fraction of sp³-hybridized carbons (Fsp3) is 0.227. The number of carbonyl (C=O) groups excluding carboxylic acids is 1. The number of benzene rings is 2. The van der Waals surface area contributed by atoms with Crippen LogP contribution < -0.4 is 10.2 Å². The summed E-state index contributed by atoms with van der Waals surface area (Å²) in [5.74, 6) is 0.440. The second-order valence-corrected chi connectivity index (χ2v) is 7.81. The molecule has 0 unspecified atom stereocenters. The van der Waals surface area contributed by atoms with Crippen LogP contribution in [0.15, 0.2) is 53.6 Å². The number of amides is 1. The van der Waals surface area contributed by atoms with Crippen molar-refractivity contribution >= 4 is 34.6 Å². The van der Waals surface area contributed by atoms with Gasteiger partial charge in [-0.15, -0.1) is 0 Å². The molecule has 0 fully saturated rings. The Morgan fingerprint density at radius 1 is 1.14 bits per heavy atom. The fourth-order valence-electron chi connectivity index (χ4n) is 2.71. The zero-order chi connectivity index (χ0) is 20.3. The number of halogens is 1. The van der Waals surface area contributed by atoms with Gasteiger partial charge in [-0.25, -0.2) is 10.4 Å². The number of aromatic nitrogens is 1. The molecular weight excluding hydrogens is 374 g/mol. The van der Waals surface area contributed by atoms with E-state index in [1.54, 1.807) is 19.2 Å². The lowest BCUT2D eigenvalue weighted by Gasteiger charge is -2.18. The Balaban J connectivity index is 1.74. The normalized spacial score (nSPS) is 11.8. The molecule has 6 heteroatoms. The predicted octanol–water partition coefficient (Wildman–Crippen LogP) is 4.96. The number of nitrogens with zero attached hydrogens (tertiary/aromatic N) is 2. The van der Waals surface area contributed by atoms with Crippen molar-refractivity contribution in [2.24, 2.45) is 5.10 Å². The number of methoxy groups -OCH3 is 1. The number of pyridine rings is 1. The molecule has 1 N–H and O–H groups in total. The first kappa shape index (κ1) is 19.8. The molecule has 3 rings (SSSR count). The fourth-order valence-corrected chi connectivity index (χ4v) is 2.91. The van der Waals surface area contributed by atoms with Crippen LogP contribution in [0.5, 0.6) is 5.75 Å². The van der Waals surface area contributed by atoms with Crippen LogP contribution in [0.3, 0.4) is 0 Å². The van der Waals surface area contributed by atoms with Gasteiger partial charge in [0, 0.05) is 16.5 Å². The Labute approximate surface area is 169 Å². The number of carbonyl (C=O) groups is 1. The van der Waals surface area contributed by atoms with Gasteiger partial charge in [0.05, 0.1) is 18.8 Å². The van der Waals surface area contributed by atoms with Crippen molar-refractivity contribution in [2.45, 2.75) is 26.2 Å². The Bertz CT molecular complexity index is 1040. The van der Waals surface area contributed by atoms with Crippen LogP contribution in [0, 0.1) is 0 Å². The molecule has 5 nitrogen and oxygen atoms in total. The van der Waals surface area contributed by atoms with Crippen LogP contribution in [-0.4, -0.2) is 24.2 Å². The number of hydrogen-bond acceptors (Lipinski definition) is 4. The van der Waals surface area contributed by atoms with Gasteiger partial charge in [0.2, 0.25) is 0 Å². The van der Waals surface area contributed by atoms with Crippen LogP contribution >= 0.6 is 11.6 Å². The van der Waals surface area contributed by atoms with Crippen molar-refractivity contribution in [2.75, 3.05) is 7.11 Å². The van der Waals surface area contributed by atoms with E-state index in [4.69, 9.17) is 16.3 Å². The topological polar surface area (TPSA) is 63.6 Å². The van der Waals surface area contributed by atoms with Crippen molar-refractivity contribution in [1.82, 2.24) is 10.4 Å². The zero-order valence-electron chi connectivity index (χ0n) is 16.3. The lowest BCUT2D eigenvalue weighted by atomic mass is 9.87. The average molecular weight is 396 g/mol. The molecule has 0 saturated carbocycles. The molecule has 0 aliphatic heterocycles. The highest BCUT2D eigenvalue weighted by atomic mass is 35.5. The summed E-state index contributed by atoms with van der Waals surface area (Å²) in [6.07, 6.45) is 1.48. The summed E-state index contributed by atoms with van der Waals surface area (Å²) in [7, 11) is 1.61. The molecule has 2 aromatic carbocycles. The summed E-state index contributed by atoms with van der Waals surface area (Å²) in [6, 6.07) is 14.9. The first-order chi connectivity index (χ1) is 13.3. The van der Waals surface area contributed by atoms with Gasteiger partial charge < -0.3 is 4.74 Å². The van der Waals surface area contributed by atoms with Gasteiger partial charge in [-0.1, -0.05) is 44.5 Å². The van der Waals surface area contributed by atoms with Gasteiger partial charge in [0.15, 0.2) is 0 Å². The Kier molecular flexibility index (Phi) is 5.66. The lowest BCUT2D eigenvalue weighted by molar-refractivity contribution is 0.0955. The third kappa shape index (κ3) is 4.49. The summed E-state index contributed by atoms with van der Waals surface area (Å²) in [5, 5.41) is 5.20. The molecule has 0 aliphatic carbocycles. The third-order valence-corrected chi connectivity index (χ3v) is 4.69. The minimum absolute atomic E-state index is 0.0374. The number of hydrogen-bond donors (Lipinski definition) is 1. The van der Waals surface area contributed by atoms with Crippen LogP contribution in [0.4, 0.5) is 0 Å². The van der Waals surface area contributed by atoms with E-state index in [1.807, 2.05) is 36.4 Å². The van der Waals surface area contributed by atoms with Gasteiger partial charge in [-0.05, 0) is 47.4 Å². The third-order valence-electron chi connectivity index (χ3n) is 4.39. The first-order valence-corrected chi connectivity index (χ1v) is 9.24. The summed E-state index contributed by atoms with van der Waals surface area (Å²) in [6.45, 7) is 6.38. The Morgan fingerprint density at radius 3 is 2.50 bits per heavy atom. The maximum atomic E-state index is 12.3. The number of rotatable bonds is 4. The van der Waals surface area contributed by atoms with E-state index in [0.29, 0.717) is 16.3 Å². The second-order valence-electron chi connectivity index (χ2n) is 7.45. The SMILES string of the molecule is COc1ccc2nc(Cl)c(/C=N\NC(=O)c3ccc(C(C)(C)C)cc3)cc2c1. The van der Waals surface area contributed by atoms with Crippen molar-refractivity contribution in [3.63, 3.8) is 0 Å². The lowest BCUT2D eigenvalue weighted by Crippen LogP contribution is -2.18. The minimum Gasteiger partial charge on any atom is -0.497 e. The molecule has 28 heavy (non-hydrogen) atoms. The molecule has 0 atom stereocenters. The van der Waals surface area contributed by atoms with E-state index in [0.717, 1.165) is 22.2 Å². The summed E-state index contributed by atoms with van der Waals surface area (Å²) in [5.41, 5.74) is 5.62. The van der Waals surface area contributed by atoms with Crippen molar-refractivity contribution in [3.8, 4) is 5.75 Å². The average Bonchev–Trinajstić information content (AvgIpc) is 2.67. The number of fused-ring (bicyclic) bond motifs is 1. The summed E-state index contributed by atoms with van der Waals surface area (Å²) >= 11 is 6.22. The monoisotopic (exact) mass is 395 g/mol. The first-order valence-electron chi connectivity index (χ1n) is 8.86. The molecule has 144 valence electrons. The standard InChI is InChI=1S/C22H22ClN3O2/c1-22(2,3)17-7-5-14(6-8-17)21(27)26-24-13-16-11-15-12-18(28-4)9-10-19(15)25-20(16)23/h5-13H,1-4H3,(H,26,27)/b24-13-. The number of nitrogens with one attached hydrogen (secondary N) is 1. The summed E-state index contributed by atoms with van der Waals surface area (Å²) in [4.78, 5) is 16.6. The molecule has 0 radical (unpaired) electrons. The molecule has 1 amide bonds. The summed E-state index contributed by atoms with van der Waals surface area (Å²) < 4.78 is 5.23. The zero-order valence-corrected chi connectivity index (χ0v) is 17.0. The Morgan fingerprint density at radius 2 is 1.86 bits per heavy atom. The van der Waals surface area contributed by atoms with Gasteiger partial charge in [0.25, 0.3) is 5.91 Å². The molecule has 3 aromatic rings. The van der Waals surface area contributed by atoms with E-state index in [1.165, 1.54) is 6.21 Å². The van der Waals surface area contributed by atoms with Crippen LogP contribution in [-0.2, 0) is 5.41 Å². The van der Waals surface area contributed by atoms with Crippen LogP contribution in [0.1, 0.15) is 42.3 Å². The van der Waals surface area contributed by atoms with Crippen LogP contribution in [0.25, 0.3) is 10.9 Å². The maximum absolute atomic E-state index is 12.3. The highest BCUT2D eigenvalue weighted by Gasteiger charge is 2.14. The van der Waals surface area contributed by atoms with Crippen molar-refractivity contribution in [3.05, 3.63) is 70.4 Å². The minimum atomic E-state index is -0.289. The van der Waals surface area contributed by atoms with Gasteiger partial charge >= 0.3 is 0 Å². The van der Waals surface area contributed by atoms with Gasteiger partial charge in [-0.2, -0.15) is 5.10 Å². The van der Waals surface area contributed by atoms with E-state index in [-0.39, 0.29) is 11.3 Å². The van der Waals surface area contributed by atoms with Crippen molar-refractivity contribution < 1.29 is 9.53 Å². The smallest absolute Gasteiger partial charge is 0.271 e. The highest BCUT2D eigenvalue weighted by Crippen LogP contribution is 2.24. The largest absolute Gasteiger partial charge is 0.497 e. The number of hydrazone groups is 1. The van der Waals surface area contributed by atoms with E-state index in [2.05, 4.69) is 36.3 Å². The van der Waals surface area contributed by atoms with Crippen LogP contribution in [0.2, 0.25) is 5.15 Å². The maximum Gasteiger partial charge on any atom is 0.271 e. The van der Waals surface area contributed by atoms with E-state index >= 15 is 0 Å². The van der Waals surface area contributed by atoms with Gasteiger partial charge in [-0.3, -0.25) is 4.79 Å². The van der Waals surface area contributed by atoms with E-state index < -0.39 is 0 Å². The molecule has 0 saturated heterocycles. The quantitative estimate of drug-likeness (QED) is 0.386.